The van der Waals surface area contributed by atoms with Crippen LogP contribution in [0.4, 0.5) is 5.13 Å². The fourth-order valence-electron chi connectivity index (χ4n) is 3.54. The van der Waals surface area contributed by atoms with E-state index in [1.807, 2.05) is 48.8 Å². The van der Waals surface area contributed by atoms with Gasteiger partial charge in [0.15, 0.2) is 5.13 Å². The standard InChI is InChI=1S/C20H22N4OS/c1-14-7-8-16-5-2-6-17(18(16)23-14)19(25)22-12-15-4-3-10-24(13-15)20-21-9-11-26-20/h2,5-9,11,15H,3-4,10,12-13H2,1H3,(H,22,25)/t15-/m0/s1. The summed E-state index contributed by atoms with van der Waals surface area (Å²) in [4.78, 5) is 24.0. The van der Waals surface area contributed by atoms with Crippen molar-refractivity contribution in [2.75, 3.05) is 24.5 Å². The summed E-state index contributed by atoms with van der Waals surface area (Å²) >= 11 is 1.67. The van der Waals surface area contributed by atoms with E-state index in [1.165, 1.54) is 0 Å². The lowest BCUT2D eigenvalue weighted by molar-refractivity contribution is 0.0947. The zero-order valence-corrected chi connectivity index (χ0v) is 15.6. The number of hydrogen-bond acceptors (Lipinski definition) is 5. The van der Waals surface area contributed by atoms with Crippen molar-refractivity contribution in [2.24, 2.45) is 5.92 Å². The van der Waals surface area contributed by atoms with Gasteiger partial charge in [-0.25, -0.2) is 4.98 Å². The summed E-state index contributed by atoms with van der Waals surface area (Å²) in [5, 5.41) is 7.21. The van der Waals surface area contributed by atoms with Gasteiger partial charge in [0.25, 0.3) is 5.91 Å². The number of amides is 1. The van der Waals surface area contributed by atoms with Crippen molar-refractivity contribution in [1.82, 2.24) is 15.3 Å². The Morgan fingerprint density at radius 1 is 1.35 bits per heavy atom. The Balaban J connectivity index is 1.43. The van der Waals surface area contributed by atoms with E-state index >= 15 is 0 Å². The predicted molar refractivity (Wildman–Crippen MR) is 106 cm³/mol. The van der Waals surface area contributed by atoms with Gasteiger partial charge in [0.05, 0.1) is 11.1 Å². The number of thiazole rings is 1. The van der Waals surface area contributed by atoms with Crippen molar-refractivity contribution >= 4 is 33.3 Å². The molecule has 1 N–H and O–H groups in total. The Kier molecular flexibility index (Phi) is 4.84. The molecule has 6 heteroatoms. The van der Waals surface area contributed by atoms with Gasteiger partial charge in [0.1, 0.15) is 0 Å². The van der Waals surface area contributed by atoms with Crippen LogP contribution < -0.4 is 10.2 Å². The third-order valence-electron chi connectivity index (χ3n) is 4.86. The van der Waals surface area contributed by atoms with Crippen molar-refractivity contribution in [2.45, 2.75) is 19.8 Å². The molecule has 2 aromatic heterocycles. The molecule has 1 saturated heterocycles. The molecule has 0 radical (unpaired) electrons. The van der Waals surface area contributed by atoms with Crippen LogP contribution >= 0.6 is 11.3 Å². The minimum Gasteiger partial charge on any atom is -0.352 e. The lowest BCUT2D eigenvalue weighted by Crippen LogP contribution is -2.41. The first-order valence-electron chi connectivity index (χ1n) is 9.00. The van der Waals surface area contributed by atoms with E-state index < -0.39 is 0 Å². The molecule has 0 saturated carbocycles. The summed E-state index contributed by atoms with van der Waals surface area (Å²) in [6, 6.07) is 9.75. The number of pyridine rings is 1. The van der Waals surface area contributed by atoms with Crippen molar-refractivity contribution in [3.05, 3.63) is 53.2 Å². The first-order valence-corrected chi connectivity index (χ1v) is 9.88. The van der Waals surface area contributed by atoms with Gasteiger partial charge in [0, 0.05) is 42.3 Å². The Morgan fingerprint density at radius 2 is 2.27 bits per heavy atom. The highest BCUT2D eigenvalue weighted by Gasteiger charge is 2.22. The summed E-state index contributed by atoms with van der Waals surface area (Å²) in [6.07, 6.45) is 4.12. The van der Waals surface area contributed by atoms with E-state index in [-0.39, 0.29) is 5.91 Å². The molecule has 3 aromatic rings. The molecule has 0 unspecified atom stereocenters. The van der Waals surface area contributed by atoms with E-state index in [1.54, 1.807) is 11.3 Å². The number of aromatic nitrogens is 2. The second kappa shape index (κ2) is 7.41. The van der Waals surface area contributed by atoms with Crippen LogP contribution in [0.25, 0.3) is 10.9 Å². The summed E-state index contributed by atoms with van der Waals surface area (Å²) in [5.41, 5.74) is 2.35. The summed E-state index contributed by atoms with van der Waals surface area (Å²) in [7, 11) is 0. The van der Waals surface area contributed by atoms with Gasteiger partial charge < -0.3 is 10.2 Å². The molecule has 1 amide bonds. The van der Waals surface area contributed by atoms with Crippen LogP contribution in [0.5, 0.6) is 0 Å². The zero-order chi connectivity index (χ0) is 17.9. The largest absolute Gasteiger partial charge is 0.352 e. The van der Waals surface area contributed by atoms with Crippen LogP contribution in [-0.2, 0) is 0 Å². The number of nitrogens with zero attached hydrogens (tertiary/aromatic N) is 3. The fourth-order valence-corrected chi connectivity index (χ4v) is 4.22. The highest BCUT2D eigenvalue weighted by Crippen LogP contribution is 2.24. The number of carbonyl (C=O) groups is 1. The van der Waals surface area contributed by atoms with Gasteiger partial charge in [-0.05, 0) is 37.8 Å². The van der Waals surface area contributed by atoms with Gasteiger partial charge in [-0.3, -0.25) is 9.78 Å². The summed E-state index contributed by atoms with van der Waals surface area (Å²) < 4.78 is 0. The van der Waals surface area contributed by atoms with E-state index in [9.17, 15) is 4.79 Å². The minimum atomic E-state index is -0.0416. The Labute approximate surface area is 157 Å². The average Bonchev–Trinajstić information content (AvgIpc) is 3.20. The van der Waals surface area contributed by atoms with Crippen molar-refractivity contribution in [3.63, 3.8) is 0 Å². The van der Waals surface area contributed by atoms with Crippen molar-refractivity contribution in [3.8, 4) is 0 Å². The minimum absolute atomic E-state index is 0.0416. The smallest absolute Gasteiger partial charge is 0.253 e. The van der Waals surface area contributed by atoms with Crippen LogP contribution in [0.2, 0.25) is 0 Å². The number of nitrogens with one attached hydrogen (secondary N) is 1. The molecule has 26 heavy (non-hydrogen) atoms. The van der Waals surface area contributed by atoms with Crippen molar-refractivity contribution < 1.29 is 4.79 Å². The Morgan fingerprint density at radius 3 is 3.12 bits per heavy atom. The SMILES string of the molecule is Cc1ccc2cccc(C(=O)NC[C@@H]3CCCN(c4nccs4)C3)c2n1. The highest BCUT2D eigenvalue weighted by atomic mass is 32.1. The predicted octanol–water partition coefficient (Wildman–Crippen LogP) is 3.65. The fraction of sp³-hybridized carbons (Fsp3) is 0.350. The van der Waals surface area contributed by atoms with E-state index in [0.717, 1.165) is 47.7 Å². The molecule has 0 aliphatic carbocycles. The van der Waals surface area contributed by atoms with Gasteiger partial charge in [-0.2, -0.15) is 0 Å². The van der Waals surface area contributed by atoms with Gasteiger partial charge >= 0.3 is 0 Å². The van der Waals surface area contributed by atoms with E-state index in [0.29, 0.717) is 18.0 Å². The number of anilines is 1. The van der Waals surface area contributed by atoms with Crippen LogP contribution in [0.3, 0.4) is 0 Å². The number of rotatable bonds is 4. The average molecular weight is 366 g/mol. The molecular weight excluding hydrogens is 344 g/mol. The zero-order valence-electron chi connectivity index (χ0n) is 14.8. The first kappa shape index (κ1) is 17.0. The van der Waals surface area contributed by atoms with Crippen LogP contribution in [0, 0.1) is 12.8 Å². The number of hydrogen-bond donors (Lipinski definition) is 1. The topological polar surface area (TPSA) is 58.1 Å². The second-order valence-corrected chi connectivity index (χ2v) is 7.68. The van der Waals surface area contributed by atoms with Crippen LogP contribution in [-0.4, -0.2) is 35.5 Å². The van der Waals surface area contributed by atoms with Gasteiger partial charge in [-0.1, -0.05) is 18.2 Å². The van der Waals surface area contributed by atoms with Crippen LogP contribution in [0.1, 0.15) is 28.9 Å². The molecule has 1 aliphatic heterocycles. The third kappa shape index (κ3) is 3.55. The molecule has 0 bridgehead atoms. The monoisotopic (exact) mass is 366 g/mol. The number of benzene rings is 1. The Bertz CT molecular complexity index is 909. The maximum atomic E-state index is 12.7. The number of piperidine rings is 1. The Hall–Kier alpha value is -2.47. The maximum absolute atomic E-state index is 12.7. The molecule has 1 aromatic carbocycles. The van der Waals surface area contributed by atoms with Gasteiger partial charge in [0.2, 0.25) is 0 Å². The quantitative estimate of drug-likeness (QED) is 0.766. The second-order valence-electron chi connectivity index (χ2n) is 6.81. The molecule has 0 spiro atoms. The summed E-state index contributed by atoms with van der Waals surface area (Å²) in [6.45, 7) is 4.62. The molecule has 1 fully saturated rings. The molecule has 134 valence electrons. The molecule has 1 atom stereocenters. The summed E-state index contributed by atoms with van der Waals surface area (Å²) in [5.74, 6) is 0.404. The molecule has 1 aliphatic rings. The highest BCUT2D eigenvalue weighted by molar-refractivity contribution is 7.13. The molecule has 3 heterocycles. The van der Waals surface area contributed by atoms with E-state index in [2.05, 4.69) is 20.2 Å². The van der Waals surface area contributed by atoms with Crippen LogP contribution in [0.15, 0.2) is 41.9 Å². The number of carbonyl (C=O) groups excluding carboxylic acids is 1. The maximum Gasteiger partial charge on any atom is 0.253 e. The normalized spacial score (nSPS) is 17.4. The lowest BCUT2D eigenvalue weighted by atomic mass is 9.98. The number of aryl methyl sites for hydroxylation is 1. The van der Waals surface area contributed by atoms with E-state index in [4.69, 9.17) is 0 Å². The molecular formula is C20H22N4OS. The number of fused-ring (bicyclic) bond motifs is 1. The number of para-hydroxylation sites is 1. The van der Waals surface area contributed by atoms with Gasteiger partial charge in [-0.15, -0.1) is 11.3 Å². The first-order chi connectivity index (χ1) is 12.7. The van der Waals surface area contributed by atoms with Crippen molar-refractivity contribution in [1.29, 1.82) is 0 Å². The molecule has 4 rings (SSSR count). The third-order valence-corrected chi connectivity index (χ3v) is 5.70. The lowest BCUT2D eigenvalue weighted by Gasteiger charge is -2.32. The molecule has 5 nitrogen and oxygen atoms in total.